The van der Waals surface area contributed by atoms with Gasteiger partial charge in [0.25, 0.3) is 5.91 Å². The summed E-state index contributed by atoms with van der Waals surface area (Å²) in [5.74, 6) is -0.0304. The summed E-state index contributed by atoms with van der Waals surface area (Å²) in [6.45, 7) is 0.537. The van der Waals surface area contributed by atoms with Crippen molar-refractivity contribution < 1.29 is 19.1 Å². The number of pyridine rings is 1. The minimum atomic E-state index is -0.648. The second-order valence-corrected chi connectivity index (χ2v) is 9.07. The maximum absolute atomic E-state index is 14.0. The number of hydrogen-bond donors (Lipinski definition) is 1. The lowest BCUT2D eigenvalue weighted by Crippen LogP contribution is -2.49. The number of carbonyl (C=O) groups excluding carboxylic acids is 2. The van der Waals surface area contributed by atoms with Crippen molar-refractivity contribution in [3.05, 3.63) is 95.2 Å². The summed E-state index contributed by atoms with van der Waals surface area (Å²) in [5.41, 5.74) is 4.69. The number of aromatic nitrogens is 1. The number of benzene rings is 3. The number of ether oxygens (including phenoxy) is 2. The number of methoxy groups -OCH3 is 2. The first kappa shape index (κ1) is 22.1. The van der Waals surface area contributed by atoms with E-state index in [0.717, 1.165) is 28.5 Å². The molecule has 0 saturated carbocycles. The Morgan fingerprint density at radius 1 is 0.972 bits per heavy atom. The molecule has 0 fully saturated rings. The molecule has 3 heterocycles. The van der Waals surface area contributed by atoms with Crippen LogP contribution in [0.1, 0.15) is 39.0 Å². The summed E-state index contributed by atoms with van der Waals surface area (Å²) in [6.07, 6.45) is 2.40. The van der Waals surface area contributed by atoms with E-state index < -0.39 is 12.0 Å². The van der Waals surface area contributed by atoms with Crippen LogP contribution in [-0.2, 0) is 11.2 Å². The van der Waals surface area contributed by atoms with Crippen molar-refractivity contribution >= 4 is 28.4 Å². The summed E-state index contributed by atoms with van der Waals surface area (Å²) in [6, 6.07) is 20.7. The molecule has 4 aromatic rings. The van der Waals surface area contributed by atoms with Gasteiger partial charge in [-0.2, -0.15) is 0 Å². The fraction of sp³-hybridized carbons (Fsp3) is 0.207. The molecule has 2 amide bonds. The first-order valence-corrected chi connectivity index (χ1v) is 11.9. The van der Waals surface area contributed by atoms with Gasteiger partial charge >= 0.3 is 0 Å². The Balaban J connectivity index is 1.49. The highest BCUT2D eigenvalue weighted by atomic mass is 16.5. The van der Waals surface area contributed by atoms with E-state index in [9.17, 15) is 9.59 Å². The molecule has 6 rings (SSSR count). The lowest BCUT2D eigenvalue weighted by Gasteiger charge is -2.45. The average molecular weight is 480 g/mol. The van der Waals surface area contributed by atoms with Crippen LogP contribution in [0.2, 0.25) is 0 Å². The van der Waals surface area contributed by atoms with Crippen LogP contribution >= 0.6 is 0 Å². The second-order valence-electron chi connectivity index (χ2n) is 9.07. The minimum Gasteiger partial charge on any atom is -0.493 e. The molecular weight excluding hydrogens is 454 g/mol. The Bertz CT molecular complexity index is 1520. The van der Waals surface area contributed by atoms with E-state index in [-0.39, 0.29) is 11.8 Å². The average Bonchev–Trinajstić information content (AvgIpc) is 2.92. The molecule has 0 saturated heterocycles. The number of amides is 2. The largest absolute Gasteiger partial charge is 0.493 e. The van der Waals surface area contributed by atoms with Crippen molar-refractivity contribution in [3.63, 3.8) is 0 Å². The van der Waals surface area contributed by atoms with E-state index in [1.165, 1.54) is 7.11 Å². The lowest BCUT2D eigenvalue weighted by atomic mass is 9.75. The van der Waals surface area contributed by atoms with Crippen LogP contribution in [0.25, 0.3) is 10.9 Å². The van der Waals surface area contributed by atoms with Gasteiger partial charge in [-0.15, -0.1) is 0 Å². The summed E-state index contributed by atoms with van der Waals surface area (Å²) in [7, 11) is 3.08. The molecule has 0 aliphatic carbocycles. The van der Waals surface area contributed by atoms with Crippen molar-refractivity contribution in [2.75, 3.05) is 26.1 Å². The molecule has 2 aliphatic rings. The Hall–Kier alpha value is -4.39. The highest BCUT2D eigenvalue weighted by molar-refractivity contribution is 6.05. The molecular formula is C29H25N3O4. The highest BCUT2D eigenvalue weighted by Crippen LogP contribution is 2.48. The molecule has 0 bridgehead atoms. The van der Waals surface area contributed by atoms with Crippen molar-refractivity contribution in [1.29, 1.82) is 0 Å². The molecule has 36 heavy (non-hydrogen) atoms. The fourth-order valence-corrected chi connectivity index (χ4v) is 5.49. The van der Waals surface area contributed by atoms with Gasteiger partial charge in [-0.1, -0.05) is 42.5 Å². The van der Waals surface area contributed by atoms with E-state index in [0.29, 0.717) is 34.9 Å². The molecule has 3 aromatic carbocycles. The minimum absolute atomic E-state index is 0.109. The number of nitrogens with one attached hydrogen (secondary N) is 1. The van der Waals surface area contributed by atoms with Gasteiger partial charge in [0.15, 0.2) is 11.5 Å². The standard InChI is InChI=1S/C29H25N3O4/c1-35-24-14-21-22(15-25(24)36-2)29(34)32-12-11-17-7-3-5-9-20(17)27(32)26(21)28(33)31-19-13-18-8-4-6-10-23(18)30-16-19/h3-10,13-16,26-27H,11-12H2,1-2H3,(H,31,33)/t26-,27-/m1/s1. The quantitative estimate of drug-likeness (QED) is 0.458. The number of hydrogen-bond acceptors (Lipinski definition) is 5. The third kappa shape index (κ3) is 3.47. The molecule has 0 spiro atoms. The number of para-hydroxylation sites is 1. The lowest BCUT2D eigenvalue weighted by molar-refractivity contribution is -0.119. The van der Waals surface area contributed by atoms with Crippen molar-refractivity contribution in [3.8, 4) is 11.5 Å². The zero-order valence-electron chi connectivity index (χ0n) is 20.0. The molecule has 7 heteroatoms. The van der Waals surface area contributed by atoms with E-state index >= 15 is 0 Å². The Labute approximate surface area is 208 Å². The maximum Gasteiger partial charge on any atom is 0.254 e. The third-order valence-corrected chi connectivity index (χ3v) is 7.17. The smallest absolute Gasteiger partial charge is 0.254 e. The SMILES string of the molecule is COc1cc2c(cc1OC)[C@@H](C(=O)Nc1cnc3ccccc3c1)[C@H]1c3ccccc3CCN1C2=O. The predicted molar refractivity (Wildman–Crippen MR) is 137 cm³/mol. The first-order valence-electron chi connectivity index (χ1n) is 11.9. The van der Waals surface area contributed by atoms with E-state index in [1.807, 2.05) is 53.4 Å². The fourth-order valence-electron chi connectivity index (χ4n) is 5.49. The summed E-state index contributed by atoms with van der Waals surface area (Å²) < 4.78 is 11.0. The highest BCUT2D eigenvalue weighted by Gasteiger charge is 2.47. The van der Waals surface area contributed by atoms with Gasteiger partial charge in [-0.05, 0) is 47.4 Å². The van der Waals surface area contributed by atoms with E-state index in [2.05, 4.69) is 16.4 Å². The van der Waals surface area contributed by atoms with Crippen LogP contribution in [0.15, 0.2) is 72.9 Å². The first-order chi connectivity index (χ1) is 17.6. The van der Waals surface area contributed by atoms with Crippen molar-refractivity contribution in [1.82, 2.24) is 9.88 Å². The van der Waals surface area contributed by atoms with Crippen molar-refractivity contribution in [2.24, 2.45) is 0 Å². The number of fused-ring (bicyclic) bond motifs is 5. The zero-order valence-corrected chi connectivity index (χ0v) is 20.0. The molecule has 0 radical (unpaired) electrons. The summed E-state index contributed by atoms with van der Waals surface area (Å²) >= 11 is 0. The Kier molecular flexibility index (Phi) is 5.33. The summed E-state index contributed by atoms with van der Waals surface area (Å²) in [4.78, 5) is 34.0. The van der Waals surface area contributed by atoms with E-state index in [4.69, 9.17) is 9.47 Å². The predicted octanol–water partition coefficient (Wildman–Crippen LogP) is 4.73. The molecule has 1 N–H and O–H groups in total. The van der Waals surface area contributed by atoms with Crippen LogP contribution in [0.3, 0.4) is 0 Å². The summed E-state index contributed by atoms with van der Waals surface area (Å²) in [5, 5.41) is 4.01. The molecule has 7 nitrogen and oxygen atoms in total. The topological polar surface area (TPSA) is 80.8 Å². The van der Waals surface area contributed by atoms with Crippen molar-refractivity contribution in [2.45, 2.75) is 18.4 Å². The van der Waals surface area contributed by atoms with Crippen LogP contribution in [-0.4, -0.2) is 42.5 Å². The molecule has 0 unspecified atom stereocenters. The molecule has 2 atom stereocenters. The maximum atomic E-state index is 14.0. The van der Waals surface area contributed by atoms with E-state index in [1.54, 1.807) is 25.4 Å². The number of anilines is 1. The molecule has 1 aromatic heterocycles. The third-order valence-electron chi connectivity index (χ3n) is 7.17. The van der Waals surface area contributed by atoms with Crippen LogP contribution in [0, 0.1) is 0 Å². The number of rotatable bonds is 4. The zero-order chi connectivity index (χ0) is 24.8. The normalized spacial score (nSPS) is 18.2. The van der Waals surface area contributed by atoms with Gasteiger partial charge in [0.2, 0.25) is 5.91 Å². The number of nitrogens with zero attached hydrogens (tertiary/aromatic N) is 2. The Morgan fingerprint density at radius 2 is 1.72 bits per heavy atom. The van der Waals surface area contributed by atoms with Gasteiger partial charge in [0.05, 0.1) is 43.6 Å². The van der Waals surface area contributed by atoms with Crippen LogP contribution in [0.5, 0.6) is 11.5 Å². The van der Waals surface area contributed by atoms with Gasteiger partial charge in [0, 0.05) is 17.5 Å². The Morgan fingerprint density at radius 3 is 2.56 bits per heavy atom. The monoisotopic (exact) mass is 479 g/mol. The van der Waals surface area contributed by atoms with Crippen LogP contribution < -0.4 is 14.8 Å². The van der Waals surface area contributed by atoms with Gasteiger partial charge in [-0.25, -0.2) is 0 Å². The molecule has 180 valence electrons. The van der Waals surface area contributed by atoms with Gasteiger partial charge in [-0.3, -0.25) is 14.6 Å². The van der Waals surface area contributed by atoms with Gasteiger partial charge in [0.1, 0.15) is 0 Å². The van der Waals surface area contributed by atoms with Gasteiger partial charge < -0.3 is 19.7 Å². The molecule has 2 aliphatic heterocycles. The van der Waals surface area contributed by atoms with Crippen LogP contribution in [0.4, 0.5) is 5.69 Å². The number of carbonyl (C=O) groups is 2. The second kappa shape index (κ2) is 8.68.